The van der Waals surface area contributed by atoms with E-state index < -0.39 is 16.0 Å². The first kappa shape index (κ1) is 20.0. The van der Waals surface area contributed by atoms with Crippen LogP contribution in [0.2, 0.25) is 0 Å². The van der Waals surface area contributed by atoms with Crippen LogP contribution in [0.4, 0.5) is 0 Å². The van der Waals surface area contributed by atoms with E-state index in [1.807, 2.05) is 30.3 Å². The monoisotopic (exact) mass is 451 g/mol. The minimum Gasteiger partial charge on any atom is -0.453 e. The first-order valence-electron chi connectivity index (χ1n) is 8.72. The van der Waals surface area contributed by atoms with Crippen molar-refractivity contribution in [2.45, 2.75) is 11.5 Å². The average Bonchev–Trinajstić information content (AvgIpc) is 3.43. The lowest BCUT2D eigenvalue weighted by atomic mass is 10.3. The molecule has 1 fully saturated rings. The van der Waals surface area contributed by atoms with Gasteiger partial charge in [-0.05, 0) is 34.0 Å². The SMILES string of the molecule is O=C(OCc1nnnn1-c1ccccc1)c1sccc1S(=O)(=O)N1CCSCC1. The van der Waals surface area contributed by atoms with E-state index in [0.29, 0.717) is 18.9 Å². The number of thioether (sulfide) groups is 1. The Hall–Kier alpha value is -2.28. The van der Waals surface area contributed by atoms with Gasteiger partial charge in [0.05, 0.1) is 5.69 Å². The molecule has 0 spiro atoms. The smallest absolute Gasteiger partial charge is 0.350 e. The molecule has 9 nitrogen and oxygen atoms in total. The number of thiophene rings is 1. The second-order valence-corrected chi connectivity index (χ2v) is 10.1. The van der Waals surface area contributed by atoms with Crippen LogP contribution in [0, 0.1) is 0 Å². The molecule has 1 saturated heterocycles. The number of hydrogen-bond donors (Lipinski definition) is 0. The molecule has 1 aliphatic rings. The number of benzene rings is 1. The highest BCUT2D eigenvalue weighted by Crippen LogP contribution is 2.28. The number of nitrogens with zero attached hydrogens (tertiary/aromatic N) is 5. The third-order valence-electron chi connectivity index (χ3n) is 4.27. The molecule has 3 heterocycles. The lowest BCUT2D eigenvalue weighted by Crippen LogP contribution is -2.38. The number of tetrazole rings is 1. The predicted molar refractivity (Wildman–Crippen MR) is 109 cm³/mol. The van der Waals surface area contributed by atoms with Gasteiger partial charge in [-0.2, -0.15) is 20.7 Å². The van der Waals surface area contributed by atoms with Crippen LogP contribution in [0.15, 0.2) is 46.7 Å². The van der Waals surface area contributed by atoms with Crippen LogP contribution in [0.1, 0.15) is 15.5 Å². The van der Waals surface area contributed by atoms with E-state index in [-0.39, 0.29) is 16.4 Å². The highest BCUT2D eigenvalue weighted by Gasteiger charge is 2.31. The number of carbonyl (C=O) groups is 1. The fraction of sp³-hybridized carbons (Fsp3) is 0.294. The normalized spacial score (nSPS) is 15.3. The topological polar surface area (TPSA) is 107 Å². The van der Waals surface area contributed by atoms with Gasteiger partial charge in [0, 0.05) is 24.6 Å². The maximum absolute atomic E-state index is 12.9. The van der Waals surface area contributed by atoms with Crippen LogP contribution in [-0.4, -0.2) is 63.5 Å². The average molecular weight is 452 g/mol. The summed E-state index contributed by atoms with van der Waals surface area (Å²) in [6.45, 7) is 0.685. The van der Waals surface area contributed by atoms with Crippen molar-refractivity contribution in [1.82, 2.24) is 24.5 Å². The second-order valence-electron chi connectivity index (χ2n) is 6.05. The highest BCUT2D eigenvalue weighted by molar-refractivity contribution is 7.99. The summed E-state index contributed by atoms with van der Waals surface area (Å²) >= 11 is 2.75. The van der Waals surface area contributed by atoms with Crippen molar-refractivity contribution in [3.63, 3.8) is 0 Å². The summed E-state index contributed by atoms with van der Waals surface area (Å²) in [5.41, 5.74) is 0.728. The Morgan fingerprint density at radius 1 is 1.14 bits per heavy atom. The summed E-state index contributed by atoms with van der Waals surface area (Å²) in [6, 6.07) is 10.6. The summed E-state index contributed by atoms with van der Waals surface area (Å²) in [6.07, 6.45) is 0. The molecule has 4 rings (SSSR count). The van der Waals surface area contributed by atoms with Gasteiger partial charge in [0.15, 0.2) is 12.4 Å². The quantitative estimate of drug-likeness (QED) is 0.522. The lowest BCUT2D eigenvalue weighted by Gasteiger charge is -2.25. The molecular formula is C17H17N5O4S3. The van der Waals surface area contributed by atoms with Crippen molar-refractivity contribution in [2.24, 2.45) is 0 Å². The molecule has 0 radical (unpaired) electrons. The first-order chi connectivity index (χ1) is 14.1. The molecule has 29 heavy (non-hydrogen) atoms. The first-order valence-corrected chi connectivity index (χ1v) is 12.2. The van der Waals surface area contributed by atoms with E-state index in [1.165, 1.54) is 15.1 Å². The van der Waals surface area contributed by atoms with Gasteiger partial charge in [0.2, 0.25) is 10.0 Å². The van der Waals surface area contributed by atoms with Crippen molar-refractivity contribution in [1.29, 1.82) is 0 Å². The molecule has 0 saturated carbocycles. The lowest BCUT2D eigenvalue weighted by molar-refractivity contribution is 0.0461. The van der Waals surface area contributed by atoms with Gasteiger partial charge in [-0.15, -0.1) is 16.4 Å². The van der Waals surface area contributed by atoms with E-state index in [2.05, 4.69) is 15.5 Å². The Labute approximate surface area is 175 Å². The number of sulfonamides is 1. The second kappa shape index (κ2) is 8.61. The van der Waals surface area contributed by atoms with Gasteiger partial charge in [0.1, 0.15) is 9.77 Å². The molecule has 0 unspecified atom stereocenters. The van der Waals surface area contributed by atoms with Crippen LogP contribution in [-0.2, 0) is 21.4 Å². The number of carbonyl (C=O) groups excluding carboxylic acids is 1. The molecule has 0 bridgehead atoms. The fourth-order valence-corrected chi connectivity index (χ4v) is 6.70. The Kier molecular flexibility index (Phi) is 5.94. The summed E-state index contributed by atoms with van der Waals surface area (Å²) in [7, 11) is -3.73. The minimum absolute atomic E-state index is 0.0120. The number of para-hydroxylation sites is 1. The van der Waals surface area contributed by atoms with E-state index in [4.69, 9.17) is 4.74 Å². The summed E-state index contributed by atoms with van der Waals surface area (Å²) < 4.78 is 34.1. The molecule has 1 aromatic carbocycles. The Bertz CT molecular complexity index is 1090. The molecule has 1 aliphatic heterocycles. The number of hydrogen-bond acceptors (Lipinski definition) is 9. The summed E-state index contributed by atoms with van der Waals surface area (Å²) in [5, 5.41) is 13.0. The van der Waals surface area contributed by atoms with E-state index in [1.54, 1.807) is 17.1 Å². The Balaban J connectivity index is 1.50. The minimum atomic E-state index is -3.73. The molecule has 0 amide bonds. The molecule has 0 aliphatic carbocycles. The van der Waals surface area contributed by atoms with Crippen LogP contribution in [0.25, 0.3) is 5.69 Å². The number of aromatic nitrogens is 4. The van der Waals surface area contributed by atoms with Gasteiger partial charge < -0.3 is 4.74 Å². The summed E-state index contributed by atoms with van der Waals surface area (Å²) in [5.74, 6) is 1.10. The third-order valence-corrected chi connectivity index (χ3v) is 8.18. The van der Waals surface area contributed by atoms with Crippen LogP contribution in [0.3, 0.4) is 0 Å². The Morgan fingerprint density at radius 2 is 1.90 bits per heavy atom. The predicted octanol–water partition coefficient (Wildman–Crippen LogP) is 1.82. The van der Waals surface area contributed by atoms with Crippen molar-refractivity contribution in [3.8, 4) is 5.69 Å². The zero-order valence-electron chi connectivity index (χ0n) is 15.2. The molecule has 152 valence electrons. The van der Waals surface area contributed by atoms with Crippen molar-refractivity contribution >= 4 is 39.1 Å². The van der Waals surface area contributed by atoms with E-state index >= 15 is 0 Å². The largest absolute Gasteiger partial charge is 0.453 e. The zero-order chi connectivity index (χ0) is 20.3. The van der Waals surface area contributed by atoms with Crippen LogP contribution >= 0.6 is 23.1 Å². The number of esters is 1. The molecule has 2 aromatic heterocycles. The van der Waals surface area contributed by atoms with Gasteiger partial charge in [-0.3, -0.25) is 0 Å². The molecular weight excluding hydrogens is 434 g/mol. The van der Waals surface area contributed by atoms with E-state index in [0.717, 1.165) is 28.5 Å². The third kappa shape index (κ3) is 4.20. The highest BCUT2D eigenvalue weighted by atomic mass is 32.2. The van der Waals surface area contributed by atoms with Crippen molar-refractivity contribution in [3.05, 3.63) is 52.5 Å². The van der Waals surface area contributed by atoms with Gasteiger partial charge in [0.25, 0.3) is 0 Å². The van der Waals surface area contributed by atoms with Crippen LogP contribution < -0.4 is 0 Å². The Morgan fingerprint density at radius 3 is 2.66 bits per heavy atom. The maximum Gasteiger partial charge on any atom is 0.350 e. The van der Waals surface area contributed by atoms with Gasteiger partial charge in [-0.1, -0.05) is 18.2 Å². The van der Waals surface area contributed by atoms with Crippen molar-refractivity contribution in [2.75, 3.05) is 24.6 Å². The molecule has 0 atom stereocenters. The number of ether oxygens (including phenoxy) is 1. The van der Waals surface area contributed by atoms with Crippen LogP contribution in [0.5, 0.6) is 0 Å². The number of rotatable bonds is 6. The summed E-state index contributed by atoms with van der Waals surface area (Å²) in [4.78, 5) is 12.7. The molecule has 0 N–H and O–H groups in total. The van der Waals surface area contributed by atoms with E-state index in [9.17, 15) is 13.2 Å². The maximum atomic E-state index is 12.9. The van der Waals surface area contributed by atoms with Gasteiger partial charge >= 0.3 is 5.97 Å². The zero-order valence-corrected chi connectivity index (χ0v) is 17.6. The van der Waals surface area contributed by atoms with Crippen molar-refractivity contribution < 1.29 is 17.9 Å². The van der Waals surface area contributed by atoms with Gasteiger partial charge in [-0.25, -0.2) is 13.2 Å². The molecule has 12 heteroatoms. The fourth-order valence-electron chi connectivity index (χ4n) is 2.84. The standard InChI is InChI=1S/C17H17N5O4S3/c23-17(26-12-15-18-19-20-22(15)13-4-2-1-3-5-13)16-14(6-9-28-16)29(24,25)21-7-10-27-11-8-21/h1-6,9H,7-8,10-12H2. The molecule has 3 aromatic rings.